The quantitative estimate of drug-likeness (QED) is 0.0349. The van der Waals surface area contributed by atoms with Crippen LogP contribution >= 0.6 is 0 Å². The van der Waals surface area contributed by atoms with E-state index >= 15 is 0 Å². The van der Waals surface area contributed by atoms with Crippen molar-refractivity contribution in [3.05, 3.63) is 0 Å². The van der Waals surface area contributed by atoms with Crippen LogP contribution in [0.5, 0.6) is 0 Å². The Balaban J connectivity index is 6.43. The number of aliphatic carboxylic acids is 3. The average molecular weight is 917 g/mol. The molecule has 64 heavy (non-hydrogen) atoms. The fourth-order valence-corrected chi connectivity index (χ4v) is 5.56. The molecule has 0 aliphatic heterocycles. The monoisotopic (exact) mass is 916 g/mol. The van der Waals surface area contributed by atoms with Crippen LogP contribution in [-0.2, 0) is 57.5 Å². The summed E-state index contributed by atoms with van der Waals surface area (Å²) in [5.74, 6) is -16.1. The van der Waals surface area contributed by atoms with Gasteiger partial charge in [0.1, 0.15) is 42.3 Å². The third kappa shape index (κ3) is 20.2. The highest BCUT2D eigenvalue weighted by atomic mass is 16.4. The van der Waals surface area contributed by atoms with E-state index in [1.54, 1.807) is 13.8 Å². The zero-order chi connectivity index (χ0) is 49.9. The lowest BCUT2D eigenvalue weighted by Crippen LogP contribution is -2.62. The topological polar surface area (TPSA) is 434 Å². The molecule has 0 aromatic rings. The van der Waals surface area contributed by atoms with E-state index in [2.05, 4.69) is 37.2 Å². The molecule has 362 valence electrons. The summed E-state index contributed by atoms with van der Waals surface area (Å²) >= 11 is 0. The Labute approximate surface area is 368 Å². The minimum absolute atomic E-state index is 0.553. The summed E-state index contributed by atoms with van der Waals surface area (Å²) in [5, 5.41) is 56.0. The van der Waals surface area contributed by atoms with Gasteiger partial charge in [-0.15, -0.1) is 0 Å². The van der Waals surface area contributed by atoms with Crippen LogP contribution in [0, 0.1) is 17.8 Å². The molecule has 0 bridgehead atoms. The van der Waals surface area contributed by atoms with Crippen molar-refractivity contribution in [2.45, 2.75) is 148 Å². The number of nitrogens with two attached hydrogens (primary N) is 2. The van der Waals surface area contributed by atoms with Crippen LogP contribution in [0.3, 0.4) is 0 Å². The number of rotatable bonds is 28. The van der Waals surface area contributed by atoms with Gasteiger partial charge in [0, 0.05) is 6.42 Å². The van der Waals surface area contributed by atoms with E-state index in [9.17, 15) is 78.0 Å². The zero-order valence-electron chi connectivity index (χ0n) is 37.2. The molecular formula is C38H64N10O16. The summed E-state index contributed by atoms with van der Waals surface area (Å²) in [6.07, 6.45) is -4.77. The lowest BCUT2D eigenvalue weighted by molar-refractivity contribution is -0.146. The molecule has 0 aromatic heterocycles. The van der Waals surface area contributed by atoms with Crippen LogP contribution < -0.4 is 54.0 Å². The first-order valence-corrected chi connectivity index (χ1v) is 20.2. The number of carboxylic acids is 3. The lowest BCUT2D eigenvalue weighted by Gasteiger charge is -2.30. The van der Waals surface area contributed by atoms with Gasteiger partial charge in [0.25, 0.3) is 0 Å². The highest BCUT2D eigenvalue weighted by molar-refractivity contribution is 5.99. The first-order valence-electron chi connectivity index (χ1n) is 20.2. The summed E-state index contributed by atoms with van der Waals surface area (Å²) in [5.41, 5.74) is 10.9. The van der Waals surface area contributed by atoms with E-state index in [4.69, 9.17) is 11.5 Å². The number of aliphatic hydroxyl groups is 1. The van der Waals surface area contributed by atoms with Crippen molar-refractivity contribution in [2.24, 2.45) is 29.2 Å². The van der Waals surface area contributed by atoms with Gasteiger partial charge in [0.15, 0.2) is 6.04 Å². The predicted octanol–water partition coefficient (Wildman–Crippen LogP) is -5.12. The first-order chi connectivity index (χ1) is 29.4. The van der Waals surface area contributed by atoms with E-state index in [0.717, 1.165) is 6.92 Å². The number of amides is 9. The van der Waals surface area contributed by atoms with Gasteiger partial charge < -0.3 is 74.4 Å². The van der Waals surface area contributed by atoms with E-state index in [1.807, 2.05) is 5.32 Å². The smallest absolute Gasteiger partial charge is 0.328 e. The third-order valence-corrected chi connectivity index (χ3v) is 9.28. The molecule has 0 aliphatic rings. The van der Waals surface area contributed by atoms with Gasteiger partial charge in [-0.05, 0) is 44.9 Å². The Hall–Kier alpha value is -6.44. The fourth-order valence-electron chi connectivity index (χ4n) is 5.56. The van der Waals surface area contributed by atoms with Crippen LogP contribution in [0.4, 0.5) is 0 Å². The van der Waals surface area contributed by atoms with Crippen LogP contribution in [0.2, 0.25) is 0 Å². The summed E-state index contributed by atoms with van der Waals surface area (Å²) in [4.78, 5) is 152. The molecular weight excluding hydrogens is 852 g/mol. The maximum absolute atomic E-state index is 13.7. The molecule has 0 fully saturated rings. The van der Waals surface area contributed by atoms with E-state index in [1.165, 1.54) is 41.5 Å². The Morgan fingerprint density at radius 3 is 1.17 bits per heavy atom. The Morgan fingerprint density at radius 2 is 0.797 bits per heavy atom. The maximum atomic E-state index is 13.7. The SMILES string of the molecule is CC(C)[C@H](NC(=O)[C@H](C)NC(=O)[C@H](C)N)C(=O)N[C@@H](CCC(=O)O)C(=O)N[C@@H](CC(N)=O)C(=O)N[C@H](C(=O)N[C@H](C(=O)N[C@@H](CC(=O)O)C(=O)N[C@H](C(=O)O)[C@@H](C)O)C(C)C)C(C)C. The number of carbonyl (C=O) groups is 12. The number of hydrogen-bond donors (Lipinski definition) is 14. The van der Waals surface area contributed by atoms with Crippen molar-refractivity contribution >= 4 is 71.1 Å². The highest BCUT2D eigenvalue weighted by Crippen LogP contribution is 2.11. The van der Waals surface area contributed by atoms with Gasteiger partial charge in [-0.2, -0.15) is 0 Å². The molecule has 26 nitrogen and oxygen atoms in total. The molecule has 0 aliphatic carbocycles. The van der Waals surface area contributed by atoms with Crippen molar-refractivity contribution < 1.29 is 78.0 Å². The molecule has 0 rings (SSSR count). The molecule has 16 N–H and O–H groups in total. The zero-order valence-corrected chi connectivity index (χ0v) is 37.2. The number of aliphatic hydroxyl groups excluding tert-OH is 1. The van der Waals surface area contributed by atoms with Gasteiger partial charge in [-0.25, -0.2) is 4.79 Å². The summed E-state index contributed by atoms with van der Waals surface area (Å²) < 4.78 is 0. The molecule has 10 atom stereocenters. The van der Waals surface area contributed by atoms with Crippen LogP contribution in [0.15, 0.2) is 0 Å². The number of carboxylic acid groups (broad SMARTS) is 3. The normalized spacial score (nSPS) is 15.8. The lowest BCUT2D eigenvalue weighted by atomic mass is 9.98. The average Bonchev–Trinajstić information content (AvgIpc) is 3.16. The molecule has 0 aromatic carbocycles. The summed E-state index contributed by atoms with van der Waals surface area (Å²) in [7, 11) is 0. The minimum Gasteiger partial charge on any atom is -0.481 e. The minimum atomic E-state index is -1.88. The number of nitrogens with one attached hydrogen (secondary N) is 8. The number of carbonyl (C=O) groups excluding carboxylic acids is 9. The third-order valence-electron chi connectivity index (χ3n) is 9.28. The molecule has 0 radical (unpaired) electrons. The first kappa shape index (κ1) is 57.6. The second kappa shape index (κ2) is 26.9. The molecule has 0 saturated carbocycles. The molecule has 26 heteroatoms. The van der Waals surface area contributed by atoms with E-state index in [-0.39, 0.29) is 0 Å². The van der Waals surface area contributed by atoms with Gasteiger partial charge in [-0.1, -0.05) is 41.5 Å². The molecule has 9 amide bonds. The summed E-state index contributed by atoms with van der Waals surface area (Å²) in [6, 6.07) is -13.8. The fraction of sp³-hybridized carbons (Fsp3) is 0.684. The van der Waals surface area contributed by atoms with E-state index in [0.29, 0.717) is 0 Å². The van der Waals surface area contributed by atoms with Gasteiger partial charge in [0.2, 0.25) is 53.2 Å². The second-order valence-electron chi connectivity index (χ2n) is 16.2. The standard InChI is InChI=1S/C38H64N10O16/c1-14(2)26(45-31(56)18(8)41-30(55)17(7)39)35(60)42-20(10-11-24(51)52)32(57)43-21(12-23(40)50)33(58)46-28(16(5)6)37(62)47-27(15(3)4)36(61)44-22(13-25(53)54)34(59)48-29(19(9)49)38(63)64/h14-22,26-29,49H,10-13,39H2,1-9H3,(H2,40,50)(H,41,55)(H,42,60)(H,43,57)(H,44,61)(H,45,56)(H,46,58)(H,47,62)(H,48,59)(H,51,52)(H,53,54)(H,63,64)/t17-,18-,19+,20-,21-,22-,26-,27-,28-,29-/m0/s1. The Bertz CT molecular complexity index is 1740. The van der Waals surface area contributed by atoms with Gasteiger partial charge in [-0.3, -0.25) is 52.7 Å². The van der Waals surface area contributed by atoms with Crippen LogP contribution in [-0.4, -0.2) is 152 Å². The molecule has 0 heterocycles. The summed E-state index contributed by atoms with van der Waals surface area (Å²) in [6.45, 7) is 12.7. The van der Waals surface area contributed by atoms with Crippen molar-refractivity contribution in [3.63, 3.8) is 0 Å². The maximum Gasteiger partial charge on any atom is 0.328 e. The van der Waals surface area contributed by atoms with Gasteiger partial charge in [0.05, 0.1) is 25.0 Å². The largest absolute Gasteiger partial charge is 0.481 e. The van der Waals surface area contributed by atoms with Crippen molar-refractivity contribution in [1.29, 1.82) is 0 Å². The predicted molar refractivity (Wildman–Crippen MR) is 222 cm³/mol. The van der Waals surface area contributed by atoms with Crippen LogP contribution in [0.25, 0.3) is 0 Å². The highest BCUT2D eigenvalue weighted by Gasteiger charge is 2.37. The van der Waals surface area contributed by atoms with Crippen molar-refractivity contribution in [1.82, 2.24) is 42.5 Å². The number of hydrogen-bond acceptors (Lipinski definition) is 14. The molecule has 0 unspecified atom stereocenters. The van der Waals surface area contributed by atoms with E-state index < -0.39 is 175 Å². The van der Waals surface area contributed by atoms with Crippen molar-refractivity contribution in [2.75, 3.05) is 0 Å². The number of primary amides is 1. The second-order valence-corrected chi connectivity index (χ2v) is 16.2. The molecule has 0 spiro atoms. The van der Waals surface area contributed by atoms with Crippen molar-refractivity contribution in [3.8, 4) is 0 Å². The Kier molecular flexibility index (Phi) is 24.2. The Morgan fingerprint density at radius 1 is 0.438 bits per heavy atom. The molecule has 0 saturated heterocycles. The van der Waals surface area contributed by atoms with Gasteiger partial charge >= 0.3 is 17.9 Å². The van der Waals surface area contributed by atoms with Crippen LogP contribution in [0.1, 0.15) is 88.0 Å².